The quantitative estimate of drug-likeness (QED) is 0.418. The van der Waals surface area contributed by atoms with Crippen LogP contribution in [0, 0.1) is 11.7 Å². The number of benzene rings is 2. The molecule has 2 aromatic rings. The second-order valence-corrected chi connectivity index (χ2v) is 11.0. The average Bonchev–Trinajstić information content (AvgIpc) is 3.37. The van der Waals surface area contributed by atoms with Crippen molar-refractivity contribution in [3.63, 3.8) is 0 Å². The van der Waals surface area contributed by atoms with Gasteiger partial charge in [0.25, 0.3) is 10.0 Å². The maximum absolute atomic E-state index is 13.4. The normalized spacial score (nSPS) is 18.3. The molecule has 0 amide bonds. The van der Waals surface area contributed by atoms with Crippen LogP contribution < -0.4 is 9.62 Å². The minimum Gasteiger partial charge on any atom is -0.478 e. The van der Waals surface area contributed by atoms with Gasteiger partial charge in [-0.3, -0.25) is 4.72 Å². The van der Waals surface area contributed by atoms with Gasteiger partial charge in [-0.05, 0) is 81.1 Å². The summed E-state index contributed by atoms with van der Waals surface area (Å²) in [6.45, 7) is 4.86. The molecule has 214 valence electrons. The molecule has 2 fully saturated rings. The predicted octanol–water partition coefficient (Wildman–Crippen LogP) is 4.27. The average molecular weight is 576 g/mol. The van der Waals surface area contributed by atoms with Gasteiger partial charge in [0.15, 0.2) is 0 Å². The van der Waals surface area contributed by atoms with Gasteiger partial charge in [0.1, 0.15) is 5.82 Å². The van der Waals surface area contributed by atoms with E-state index in [4.69, 9.17) is 9.90 Å². The third kappa shape index (κ3) is 8.55. The SMILES string of the molecule is O=C(O)C(F)(F)F.O=C(O)c1cc(NS(=O)(=O)c2cccc(F)c2)ccc1N1CCCC(CN2CCCC2)C1. The Morgan fingerprint density at radius 3 is 2.26 bits per heavy atom. The Morgan fingerprint density at radius 2 is 1.67 bits per heavy atom. The van der Waals surface area contributed by atoms with E-state index < -0.39 is 34.0 Å². The second kappa shape index (κ2) is 12.6. The van der Waals surface area contributed by atoms with Crippen LogP contribution in [0.15, 0.2) is 47.4 Å². The van der Waals surface area contributed by atoms with Crippen LogP contribution in [0.4, 0.5) is 28.9 Å². The number of carboxylic acid groups (broad SMARTS) is 2. The van der Waals surface area contributed by atoms with Crippen molar-refractivity contribution in [3.05, 3.63) is 53.8 Å². The Balaban J connectivity index is 0.000000532. The van der Waals surface area contributed by atoms with Crippen LogP contribution in [0.25, 0.3) is 0 Å². The molecule has 2 aliphatic rings. The van der Waals surface area contributed by atoms with Crippen molar-refractivity contribution < 1.29 is 45.8 Å². The lowest BCUT2D eigenvalue weighted by Gasteiger charge is -2.36. The first kappa shape index (κ1) is 30.2. The Labute approximate surface area is 223 Å². The first-order chi connectivity index (χ1) is 18.3. The highest BCUT2D eigenvalue weighted by atomic mass is 32.2. The van der Waals surface area contributed by atoms with E-state index in [0.29, 0.717) is 11.6 Å². The van der Waals surface area contributed by atoms with Gasteiger partial charge in [0, 0.05) is 25.3 Å². The molecule has 3 N–H and O–H groups in total. The zero-order valence-electron chi connectivity index (χ0n) is 20.8. The number of carboxylic acids is 2. The van der Waals surface area contributed by atoms with E-state index >= 15 is 0 Å². The van der Waals surface area contributed by atoms with E-state index in [9.17, 15) is 35.9 Å². The van der Waals surface area contributed by atoms with Gasteiger partial charge in [0.2, 0.25) is 0 Å². The molecular formula is C25H29F4N3O6S. The number of halogens is 4. The molecule has 4 rings (SSSR count). The van der Waals surface area contributed by atoms with Gasteiger partial charge in [-0.1, -0.05) is 6.07 Å². The summed E-state index contributed by atoms with van der Waals surface area (Å²) in [4.78, 5) is 25.2. The van der Waals surface area contributed by atoms with Crippen molar-refractivity contribution in [1.82, 2.24) is 4.90 Å². The van der Waals surface area contributed by atoms with E-state index in [2.05, 4.69) is 14.5 Å². The number of likely N-dealkylation sites (tertiary alicyclic amines) is 1. The molecule has 0 bridgehead atoms. The van der Waals surface area contributed by atoms with Crippen molar-refractivity contribution >= 4 is 33.3 Å². The molecule has 0 radical (unpaired) electrons. The molecule has 2 saturated heterocycles. The van der Waals surface area contributed by atoms with Gasteiger partial charge in [-0.25, -0.2) is 22.4 Å². The van der Waals surface area contributed by atoms with Gasteiger partial charge in [-0.15, -0.1) is 0 Å². The number of hydrogen-bond acceptors (Lipinski definition) is 6. The number of sulfonamides is 1. The number of carbonyl (C=O) groups is 2. The molecule has 2 heterocycles. The molecule has 1 unspecified atom stereocenters. The highest BCUT2D eigenvalue weighted by Gasteiger charge is 2.38. The van der Waals surface area contributed by atoms with Gasteiger partial charge < -0.3 is 20.0 Å². The summed E-state index contributed by atoms with van der Waals surface area (Å²) in [6, 6.07) is 9.22. The molecule has 0 aromatic heterocycles. The van der Waals surface area contributed by atoms with Crippen molar-refractivity contribution in [1.29, 1.82) is 0 Å². The number of rotatable bonds is 7. The molecule has 0 saturated carbocycles. The van der Waals surface area contributed by atoms with Gasteiger partial charge in [0.05, 0.1) is 16.1 Å². The first-order valence-corrected chi connectivity index (χ1v) is 13.7. The second-order valence-electron chi connectivity index (χ2n) is 9.36. The van der Waals surface area contributed by atoms with Crippen molar-refractivity contribution in [3.8, 4) is 0 Å². The number of aliphatic carboxylic acids is 1. The fraction of sp³-hybridized carbons (Fsp3) is 0.440. The number of nitrogens with one attached hydrogen (secondary N) is 1. The lowest BCUT2D eigenvalue weighted by molar-refractivity contribution is -0.192. The molecule has 9 nitrogen and oxygen atoms in total. The lowest BCUT2D eigenvalue weighted by Crippen LogP contribution is -2.41. The Kier molecular flexibility index (Phi) is 9.78. The summed E-state index contributed by atoms with van der Waals surface area (Å²) in [5.41, 5.74) is 0.768. The van der Waals surface area contributed by atoms with Crippen LogP contribution >= 0.6 is 0 Å². The van der Waals surface area contributed by atoms with E-state index in [1.807, 2.05) is 0 Å². The topological polar surface area (TPSA) is 127 Å². The summed E-state index contributed by atoms with van der Waals surface area (Å²) in [5, 5.41) is 16.9. The molecule has 2 aliphatic heterocycles. The number of piperidine rings is 1. The Hall–Kier alpha value is -3.39. The monoisotopic (exact) mass is 575 g/mol. The fourth-order valence-corrected chi connectivity index (χ4v) is 5.74. The summed E-state index contributed by atoms with van der Waals surface area (Å²) in [5.74, 6) is -4.06. The number of anilines is 2. The smallest absolute Gasteiger partial charge is 0.478 e. The van der Waals surface area contributed by atoms with E-state index in [-0.39, 0.29) is 16.1 Å². The van der Waals surface area contributed by atoms with Gasteiger partial charge in [-0.2, -0.15) is 13.2 Å². The minimum atomic E-state index is -5.08. The lowest BCUT2D eigenvalue weighted by atomic mass is 9.96. The van der Waals surface area contributed by atoms with Crippen molar-refractivity contribution in [2.24, 2.45) is 5.92 Å². The number of nitrogens with zero attached hydrogens (tertiary/aromatic N) is 2. The minimum absolute atomic E-state index is 0.0475. The van der Waals surface area contributed by atoms with Gasteiger partial charge >= 0.3 is 18.1 Å². The van der Waals surface area contributed by atoms with Crippen LogP contribution in [0.1, 0.15) is 36.0 Å². The molecule has 0 spiro atoms. The molecular weight excluding hydrogens is 546 g/mol. The van der Waals surface area contributed by atoms with Crippen molar-refractivity contribution in [2.45, 2.75) is 36.8 Å². The van der Waals surface area contributed by atoms with Crippen LogP contribution in [-0.4, -0.2) is 74.4 Å². The third-order valence-electron chi connectivity index (χ3n) is 6.40. The third-order valence-corrected chi connectivity index (χ3v) is 7.78. The summed E-state index contributed by atoms with van der Waals surface area (Å²) in [7, 11) is -4.04. The van der Waals surface area contributed by atoms with Crippen LogP contribution in [0.5, 0.6) is 0 Å². The molecule has 1 atom stereocenters. The zero-order valence-corrected chi connectivity index (χ0v) is 21.6. The van der Waals surface area contributed by atoms with Crippen molar-refractivity contribution in [2.75, 3.05) is 42.3 Å². The Morgan fingerprint density at radius 1 is 1.00 bits per heavy atom. The fourth-order valence-electron chi connectivity index (χ4n) is 4.66. The number of hydrogen-bond donors (Lipinski definition) is 3. The summed E-state index contributed by atoms with van der Waals surface area (Å²) < 4.78 is 72.7. The standard InChI is InChI=1S/C23H28FN3O4S.C2HF3O2/c24-18-6-3-7-20(13-18)32(30,31)25-19-8-9-22(21(14-19)23(28)29)27-12-4-5-17(16-27)15-26-10-1-2-11-26;3-2(4,5)1(6)7/h3,6-9,13-14,17,25H,1-2,4-5,10-12,15-16H2,(H,28,29);(H,6,7). The molecule has 0 aliphatic carbocycles. The maximum Gasteiger partial charge on any atom is 0.490 e. The van der Waals surface area contributed by atoms with E-state index in [1.54, 1.807) is 12.1 Å². The number of alkyl halides is 3. The Bertz CT molecular complexity index is 1280. The number of aromatic carboxylic acids is 1. The first-order valence-electron chi connectivity index (χ1n) is 12.2. The maximum atomic E-state index is 13.4. The predicted molar refractivity (Wildman–Crippen MR) is 135 cm³/mol. The summed E-state index contributed by atoms with van der Waals surface area (Å²) in [6.07, 6.45) is -0.481. The summed E-state index contributed by atoms with van der Waals surface area (Å²) >= 11 is 0. The molecule has 39 heavy (non-hydrogen) atoms. The largest absolute Gasteiger partial charge is 0.490 e. The molecule has 14 heteroatoms. The van der Waals surface area contributed by atoms with Crippen LogP contribution in [0.3, 0.4) is 0 Å². The zero-order chi connectivity index (χ0) is 28.8. The highest BCUT2D eigenvalue weighted by Crippen LogP contribution is 2.30. The highest BCUT2D eigenvalue weighted by molar-refractivity contribution is 7.92. The van der Waals surface area contributed by atoms with E-state index in [1.165, 1.54) is 31.0 Å². The van der Waals surface area contributed by atoms with E-state index in [0.717, 1.165) is 57.7 Å². The van der Waals surface area contributed by atoms with Crippen LogP contribution in [0.2, 0.25) is 0 Å². The molecule has 2 aromatic carbocycles. The van der Waals surface area contributed by atoms with Crippen LogP contribution in [-0.2, 0) is 14.8 Å².